The minimum atomic E-state index is -0.373. The number of carbonyl (C=O) groups is 1. The molecule has 4 rings (SSSR count). The molecule has 0 saturated carbocycles. The minimum Gasteiger partial charge on any atom is -0.459 e. The van der Waals surface area contributed by atoms with E-state index < -0.39 is 0 Å². The lowest BCUT2D eigenvalue weighted by molar-refractivity contribution is -0.144. The van der Waals surface area contributed by atoms with Crippen LogP contribution in [-0.2, 0) is 16.0 Å². The van der Waals surface area contributed by atoms with Crippen LogP contribution in [0.1, 0.15) is 41.7 Å². The molecule has 0 aliphatic rings. The van der Waals surface area contributed by atoms with Crippen molar-refractivity contribution in [2.75, 3.05) is 4.90 Å². The van der Waals surface area contributed by atoms with Gasteiger partial charge in [-0.1, -0.05) is 62.0 Å². The zero-order chi connectivity index (χ0) is 28.1. The highest BCUT2D eigenvalue weighted by Crippen LogP contribution is 2.37. The predicted octanol–water partition coefficient (Wildman–Crippen LogP) is 9.35. The Hall–Kier alpha value is -4.11. The summed E-state index contributed by atoms with van der Waals surface area (Å²) in [5.74, 6) is -0.164. The van der Waals surface area contributed by atoms with E-state index in [-0.39, 0.29) is 18.0 Å². The van der Waals surface area contributed by atoms with Gasteiger partial charge in [0.2, 0.25) is 0 Å². The molecule has 2 atom stereocenters. The number of anilines is 3. The van der Waals surface area contributed by atoms with Gasteiger partial charge in [0, 0.05) is 23.1 Å². The molecule has 4 aromatic rings. The lowest BCUT2D eigenvalue weighted by atomic mass is 9.95. The van der Waals surface area contributed by atoms with Gasteiger partial charge in [-0.15, -0.1) is 0 Å². The molecule has 3 nitrogen and oxygen atoms in total. The molecule has 0 aromatic heterocycles. The number of hydrogen-bond donors (Lipinski definition) is 0. The normalized spacial score (nSPS) is 12.5. The Kier molecular flexibility index (Phi) is 8.71. The average molecular weight is 518 g/mol. The van der Waals surface area contributed by atoms with Crippen molar-refractivity contribution in [1.29, 1.82) is 0 Å². The lowest BCUT2D eigenvalue weighted by Gasteiger charge is -2.27. The van der Waals surface area contributed by atoms with Gasteiger partial charge in [0.05, 0.1) is 0 Å². The number of nitrogens with zero attached hydrogens (tertiary/aromatic N) is 1. The maximum absolute atomic E-state index is 11.5. The van der Waals surface area contributed by atoms with Gasteiger partial charge in [-0.05, 0) is 122 Å². The van der Waals surface area contributed by atoms with Gasteiger partial charge in [-0.2, -0.15) is 0 Å². The molecule has 0 saturated heterocycles. The highest BCUT2D eigenvalue weighted by Gasteiger charge is 2.17. The molecule has 4 aromatic carbocycles. The van der Waals surface area contributed by atoms with E-state index >= 15 is 0 Å². The highest BCUT2D eigenvalue weighted by atomic mass is 16.5. The SMILES string of the molecule is C=CC(=O)OC(C)C(C)Cc1ccc(-c2ccc(N(c3ccc(C)c(C)c3)c3ccc(C)c(C)c3)cc2)cc1. The van der Waals surface area contributed by atoms with Crippen molar-refractivity contribution in [3.05, 3.63) is 125 Å². The molecule has 0 heterocycles. The summed E-state index contributed by atoms with van der Waals surface area (Å²) in [6.45, 7) is 16.1. The van der Waals surface area contributed by atoms with Crippen molar-refractivity contribution in [2.24, 2.45) is 5.92 Å². The average Bonchev–Trinajstić information content (AvgIpc) is 2.93. The Labute approximate surface area is 233 Å². The van der Waals surface area contributed by atoms with Gasteiger partial charge in [0.25, 0.3) is 0 Å². The van der Waals surface area contributed by atoms with Crippen molar-refractivity contribution in [1.82, 2.24) is 0 Å². The van der Waals surface area contributed by atoms with Gasteiger partial charge in [0.1, 0.15) is 6.10 Å². The van der Waals surface area contributed by atoms with Gasteiger partial charge in [-0.25, -0.2) is 4.79 Å². The minimum absolute atomic E-state index is 0.166. The van der Waals surface area contributed by atoms with Crippen LogP contribution in [0.15, 0.2) is 97.6 Å². The topological polar surface area (TPSA) is 29.5 Å². The van der Waals surface area contributed by atoms with Crippen LogP contribution in [0.25, 0.3) is 11.1 Å². The van der Waals surface area contributed by atoms with E-state index in [1.165, 1.54) is 45.0 Å². The molecule has 0 radical (unpaired) electrons. The fourth-order valence-corrected chi connectivity index (χ4v) is 4.70. The second kappa shape index (κ2) is 12.2. The maximum Gasteiger partial charge on any atom is 0.330 e. The number of esters is 1. The zero-order valence-electron chi connectivity index (χ0n) is 24.0. The molecule has 3 heteroatoms. The quantitative estimate of drug-likeness (QED) is 0.164. The Morgan fingerprint density at radius 2 is 1.18 bits per heavy atom. The molecule has 0 bridgehead atoms. The Bertz CT molecular complexity index is 1400. The zero-order valence-corrected chi connectivity index (χ0v) is 24.0. The summed E-state index contributed by atoms with van der Waals surface area (Å²) in [6, 6.07) is 30.8. The van der Waals surface area contributed by atoms with Gasteiger partial charge < -0.3 is 9.64 Å². The molecular weight excluding hydrogens is 478 g/mol. The molecule has 0 aliphatic heterocycles. The molecule has 0 N–H and O–H groups in total. The number of hydrogen-bond acceptors (Lipinski definition) is 3. The van der Waals surface area contributed by atoms with E-state index in [1.54, 1.807) is 0 Å². The summed E-state index contributed by atoms with van der Waals surface area (Å²) in [7, 11) is 0. The first kappa shape index (κ1) is 27.9. The van der Waals surface area contributed by atoms with Crippen molar-refractivity contribution in [2.45, 2.75) is 54.1 Å². The smallest absolute Gasteiger partial charge is 0.330 e. The Morgan fingerprint density at radius 1 is 0.718 bits per heavy atom. The van der Waals surface area contributed by atoms with E-state index in [0.717, 1.165) is 23.5 Å². The molecular formula is C36H39NO2. The number of ether oxygens (including phenoxy) is 1. The monoisotopic (exact) mass is 517 g/mol. The van der Waals surface area contributed by atoms with Crippen molar-refractivity contribution in [3.63, 3.8) is 0 Å². The Morgan fingerprint density at radius 3 is 1.64 bits per heavy atom. The summed E-state index contributed by atoms with van der Waals surface area (Å²) in [5, 5.41) is 0. The number of aryl methyl sites for hydroxylation is 4. The third-order valence-corrected chi connectivity index (χ3v) is 7.74. The van der Waals surface area contributed by atoms with Gasteiger partial charge in [-0.3, -0.25) is 0 Å². The molecule has 200 valence electrons. The number of carbonyl (C=O) groups excluding carboxylic acids is 1. The first-order chi connectivity index (χ1) is 18.7. The van der Waals surface area contributed by atoms with E-state index in [2.05, 4.69) is 131 Å². The van der Waals surface area contributed by atoms with E-state index in [1.807, 2.05) is 6.92 Å². The van der Waals surface area contributed by atoms with Crippen molar-refractivity contribution in [3.8, 4) is 11.1 Å². The molecule has 0 spiro atoms. The van der Waals surface area contributed by atoms with Crippen LogP contribution in [0, 0.1) is 33.6 Å². The Balaban J connectivity index is 1.57. The molecule has 0 aliphatic carbocycles. The van der Waals surface area contributed by atoms with E-state index in [9.17, 15) is 4.79 Å². The van der Waals surface area contributed by atoms with Crippen molar-refractivity contribution < 1.29 is 9.53 Å². The second-order valence-corrected chi connectivity index (χ2v) is 10.6. The second-order valence-electron chi connectivity index (χ2n) is 10.6. The van der Waals surface area contributed by atoms with E-state index in [0.29, 0.717) is 0 Å². The fraction of sp³-hybridized carbons (Fsp3) is 0.250. The van der Waals surface area contributed by atoms with Crippen LogP contribution < -0.4 is 4.90 Å². The fourth-order valence-electron chi connectivity index (χ4n) is 4.70. The highest BCUT2D eigenvalue weighted by molar-refractivity contribution is 5.81. The van der Waals surface area contributed by atoms with Gasteiger partial charge >= 0.3 is 5.97 Å². The van der Waals surface area contributed by atoms with Crippen LogP contribution in [0.2, 0.25) is 0 Å². The number of benzene rings is 4. The molecule has 2 unspecified atom stereocenters. The van der Waals surface area contributed by atoms with Crippen LogP contribution in [0.3, 0.4) is 0 Å². The van der Waals surface area contributed by atoms with E-state index in [4.69, 9.17) is 4.74 Å². The van der Waals surface area contributed by atoms with Crippen LogP contribution in [0.5, 0.6) is 0 Å². The molecule has 0 fully saturated rings. The number of rotatable bonds is 9. The lowest BCUT2D eigenvalue weighted by Crippen LogP contribution is -2.22. The predicted molar refractivity (Wildman–Crippen MR) is 164 cm³/mol. The summed E-state index contributed by atoms with van der Waals surface area (Å²) < 4.78 is 5.38. The summed E-state index contributed by atoms with van der Waals surface area (Å²) in [5.41, 5.74) is 12.1. The molecule has 0 amide bonds. The van der Waals surface area contributed by atoms with Crippen LogP contribution in [0.4, 0.5) is 17.1 Å². The first-order valence-corrected chi connectivity index (χ1v) is 13.6. The van der Waals surface area contributed by atoms with Crippen molar-refractivity contribution >= 4 is 23.0 Å². The molecule has 39 heavy (non-hydrogen) atoms. The van der Waals surface area contributed by atoms with Crippen LogP contribution >= 0.6 is 0 Å². The summed E-state index contributed by atoms with van der Waals surface area (Å²) in [6.07, 6.45) is 1.89. The third kappa shape index (κ3) is 6.67. The third-order valence-electron chi connectivity index (χ3n) is 7.74. The standard InChI is InChI=1S/C36H39NO2/c1-8-36(38)39-29(7)28(6)21-30-11-13-31(14-12-30)32-15-19-33(20-16-32)37(34-17-9-24(2)26(4)22-34)35-18-10-25(3)27(5)23-35/h8-20,22-23,28-29H,1,21H2,2-7H3. The maximum atomic E-state index is 11.5. The van der Waals surface area contributed by atoms with Gasteiger partial charge in [0.15, 0.2) is 0 Å². The largest absolute Gasteiger partial charge is 0.459 e. The van der Waals surface area contributed by atoms with Crippen LogP contribution in [-0.4, -0.2) is 12.1 Å². The summed E-state index contributed by atoms with van der Waals surface area (Å²) in [4.78, 5) is 13.8. The summed E-state index contributed by atoms with van der Waals surface area (Å²) >= 11 is 0. The first-order valence-electron chi connectivity index (χ1n) is 13.6.